The fraction of sp³-hybridized carbons (Fsp3) is 0.375. The first-order valence-corrected chi connectivity index (χ1v) is 7.67. The zero-order valence-corrected chi connectivity index (χ0v) is 12.8. The van der Waals surface area contributed by atoms with Gasteiger partial charge in [-0.2, -0.15) is 18.3 Å². The number of benzene rings is 1. The number of carbonyl (C=O) groups excluding carboxylic acids is 1. The Hall–Kier alpha value is -2.35. The van der Waals surface area contributed by atoms with Crippen LogP contribution in [0.2, 0.25) is 0 Å². The minimum atomic E-state index is -4.41. The molecule has 2 N–H and O–H groups in total. The average molecular weight is 338 g/mol. The van der Waals surface area contributed by atoms with Crippen molar-refractivity contribution in [1.29, 1.82) is 0 Å². The summed E-state index contributed by atoms with van der Waals surface area (Å²) in [6.07, 6.45) is 0.286. The van der Waals surface area contributed by atoms with Crippen molar-refractivity contribution in [2.75, 3.05) is 18.4 Å². The topological polar surface area (TPSA) is 59.0 Å². The lowest BCUT2D eigenvalue weighted by Gasteiger charge is -2.21. The summed E-state index contributed by atoms with van der Waals surface area (Å²) in [4.78, 5) is 12.2. The highest BCUT2D eigenvalue weighted by Gasteiger charge is 2.30. The van der Waals surface area contributed by atoms with Crippen LogP contribution in [0.3, 0.4) is 0 Å². The van der Waals surface area contributed by atoms with Gasteiger partial charge < -0.3 is 10.6 Å². The molecule has 1 aliphatic heterocycles. The first kappa shape index (κ1) is 16.5. The molecule has 5 nitrogen and oxygen atoms in total. The number of nitrogens with one attached hydrogen (secondary N) is 2. The summed E-state index contributed by atoms with van der Waals surface area (Å²) in [7, 11) is 0. The Morgan fingerprint density at radius 2 is 2.21 bits per heavy atom. The number of carbonyl (C=O) groups is 1. The Labute approximate surface area is 136 Å². The zero-order chi connectivity index (χ0) is 17.2. The molecular weight excluding hydrogens is 321 g/mol. The predicted molar refractivity (Wildman–Crippen MR) is 82.8 cm³/mol. The third-order valence-electron chi connectivity index (χ3n) is 3.96. The van der Waals surface area contributed by atoms with Crippen molar-refractivity contribution in [3.8, 4) is 5.69 Å². The van der Waals surface area contributed by atoms with Gasteiger partial charge in [0.05, 0.1) is 35.2 Å². The molecule has 1 aromatic heterocycles. The molecule has 1 aliphatic rings. The normalized spacial score (nSPS) is 18.4. The summed E-state index contributed by atoms with van der Waals surface area (Å²) < 4.78 is 39.6. The maximum Gasteiger partial charge on any atom is 0.416 e. The number of anilines is 1. The van der Waals surface area contributed by atoms with Gasteiger partial charge in [0.2, 0.25) is 5.91 Å². The summed E-state index contributed by atoms with van der Waals surface area (Å²) in [5.74, 6) is -0.207. The van der Waals surface area contributed by atoms with E-state index in [-0.39, 0.29) is 17.5 Å². The molecule has 3 rings (SSSR count). The van der Waals surface area contributed by atoms with Gasteiger partial charge in [0.15, 0.2) is 0 Å². The average Bonchev–Trinajstić information content (AvgIpc) is 3.03. The van der Waals surface area contributed by atoms with E-state index in [1.807, 2.05) is 0 Å². The second kappa shape index (κ2) is 6.64. The molecule has 8 heteroatoms. The van der Waals surface area contributed by atoms with Gasteiger partial charge in [-0.3, -0.25) is 4.79 Å². The second-order valence-electron chi connectivity index (χ2n) is 5.75. The third kappa shape index (κ3) is 3.76. The van der Waals surface area contributed by atoms with Crippen LogP contribution < -0.4 is 10.6 Å². The van der Waals surface area contributed by atoms with E-state index in [2.05, 4.69) is 15.7 Å². The van der Waals surface area contributed by atoms with Gasteiger partial charge in [0.25, 0.3) is 0 Å². The van der Waals surface area contributed by atoms with Crippen molar-refractivity contribution in [1.82, 2.24) is 15.1 Å². The first-order valence-electron chi connectivity index (χ1n) is 7.67. The Kier molecular flexibility index (Phi) is 4.57. The van der Waals surface area contributed by atoms with Gasteiger partial charge in [-0.25, -0.2) is 4.68 Å². The number of amides is 1. The van der Waals surface area contributed by atoms with E-state index in [1.54, 1.807) is 0 Å². The number of hydrogen-bond donors (Lipinski definition) is 2. The SMILES string of the molecule is O=C(Nc1cnn(-c2cccc(C(F)(F)F)c2)c1)C1CCCNC1. The molecule has 1 fully saturated rings. The smallest absolute Gasteiger partial charge is 0.323 e. The van der Waals surface area contributed by atoms with Crippen molar-refractivity contribution in [3.63, 3.8) is 0 Å². The van der Waals surface area contributed by atoms with Gasteiger partial charge in [-0.05, 0) is 37.6 Å². The van der Waals surface area contributed by atoms with Gasteiger partial charge in [-0.15, -0.1) is 0 Å². The van der Waals surface area contributed by atoms with E-state index in [0.29, 0.717) is 12.2 Å². The molecule has 0 radical (unpaired) electrons. The second-order valence-corrected chi connectivity index (χ2v) is 5.75. The molecule has 1 amide bonds. The molecule has 0 spiro atoms. The van der Waals surface area contributed by atoms with Gasteiger partial charge in [-0.1, -0.05) is 6.07 Å². The quantitative estimate of drug-likeness (QED) is 0.905. The molecular formula is C16H17F3N4O. The van der Waals surface area contributed by atoms with Crippen molar-refractivity contribution in [2.45, 2.75) is 19.0 Å². The molecule has 2 aromatic rings. The molecule has 1 unspecified atom stereocenters. The Morgan fingerprint density at radius 1 is 1.38 bits per heavy atom. The maximum atomic E-state index is 12.8. The Morgan fingerprint density at radius 3 is 2.92 bits per heavy atom. The van der Waals surface area contributed by atoms with Crippen LogP contribution in [0.1, 0.15) is 18.4 Å². The van der Waals surface area contributed by atoms with E-state index in [0.717, 1.165) is 31.5 Å². The number of halogens is 3. The van der Waals surface area contributed by atoms with Crippen molar-refractivity contribution < 1.29 is 18.0 Å². The van der Waals surface area contributed by atoms with Gasteiger partial charge in [0.1, 0.15) is 0 Å². The summed E-state index contributed by atoms with van der Waals surface area (Å²) in [6, 6.07) is 4.88. The lowest BCUT2D eigenvalue weighted by molar-refractivity contribution is -0.137. The van der Waals surface area contributed by atoms with E-state index in [1.165, 1.54) is 29.2 Å². The predicted octanol–water partition coefficient (Wildman–Crippen LogP) is 2.83. The molecule has 2 heterocycles. The van der Waals surface area contributed by atoms with E-state index in [4.69, 9.17) is 0 Å². The minimum Gasteiger partial charge on any atom is -0.323 e. The fourth-order valence-electron chi connectivity index (χ4n) is 2.67. The Bertz CT molecular complexity index is 720. The number of rotatable bonds is 3. The highest BCUT2D eigenvalue weighted by Crippen LogP contribution is 2.30. The standard InChI is InChI=1S/C16H17F3N4O/c17-16(18,19)12-4-1-5-14(7-12)23-10-13(9-21-23)22-15(24)11-3-2-6-20-8-11/h1,4-5,7,9-11,20H,2-3,6,8H2,(H,22,24). The molecule has 0 saturated carbocycles. The fourth-order valence-corrected chi connectivity index (χ4v) is 2.67. The van der Waals surface area contributed by atoms with Crippen LogP contribution in [0.4, 0.5) is 18.9 Å². The van der Waals surface area contributed by atoms with Crippen molar-refractivity contribution >= 4 is 11.6 Å². The number of aromatic nitrogens is 2. The van der Waals surface area contributed by atoms with Crippen LogP contribution in [0.15, 0.2) is 36.7 Å². The lowest BCUT2D eigenvalue weighted by Crippen LogP contribution is -2.37. The highest BCUT2D eigenvalue weighted by atomic mass is 19.4. The van der Waals surface area contributed by atoms with Crippen LogP contribution in [0.5, 0.6) is 0 Å². The molecule has 1 aromatic carbocycles. The van der Waals surface area contributed by atoms with Crippen molar-refractivity contribution in [3.05, 3.63) is 42.2 Å². The monoisotopic (exact) mass is 338 g/mol. The number of nitrogens with zero attached hydrogens (tertiary/aromatic N) is 2. The van der Waals surface area contributed by atoms with Crippen LogP contribution in [0.25, 0.3) is 5.69 Å². The van der Waals surface area contributed by atoms with Crippen LogP contribution in [-0.4, -0.2) is 28.8 Å². The van der Waals surface area contributed by atoms with E-state index in [9.17, 15) is 18.0 Å². The molecule has 128 valence electrons. The first-order chi connectivity index (χ1) is 11.4. The zero-order valence-electron chi connectivity index (χ0n) is 12.8. The molecule has 0 bridgehead atoms. The number of piperidine rings is 1. The van der Waals surface area contributed by atoms with Gasteiger partial charge in [0, 0.05) is 6.54 Å². The summed E-state index contributed by atoms with van der Waals surface area (Å²) in [5.41, 5.74) is 0.00186. The summed E-state index contributed by atoms with van der Waals surface area (Å²) in [5, 5.41) is 9.95. The molecule has 24 heavy (non-hydrogen) atoms. The maximum absolute atomic E-state index is 12.8. The highest BCUT2D eigenvalue weighted by molar-refractivity contribution is 5.92. The van der Waals surface area contributed by atoms with E-state index < -0.39 is 11.7 Å². The third-order valence-corrected chi connectivity index (χ3v) is 3.96. The van der Waals surface area contributed by atoms with Crippen LogP contribution in [-0.2, 0) is 11.0 Å². The molecule has 1 saturated heterocycles. The molecule has 0 aliphatic carbocycles. The summed E-state index contributed by atoms with van der Waals surface area (Å²) in [6.45, 7) is 1.55. The largest absolute Gasteiger partial charge is 0.416 e. The minimum absolute atomic E-state index is 0.101. The number of alkyl halides is 3. The van der Waals surface area contributed by atoms with Crippen molar-refractivity contribution in [2.24, 2.45) is 5.92 Å². The van der Waals surface area contributed by atoms with Gasteiger partial charge >= 0.3 is 6.18 Å². The van der Waals surface area contributed by atoms with E-state index >= 15 is 0 Å². The number of hydrogen-bond acceptors (Lipinski definition) is 3. The van der Waals surface area contributed by atoms with Crippen LogP contribution in [0, 0.1) is 5.92 Å². The lowest BCUT2D eigenvalue weighted by atomic mass is 9.99. The summed E-state index contributed by atoms with van der Waals surface area (Å²) >= 11 is 0. The van der Waals surface area contributed by atoms with Crippen LogP contribution >= 0.6 is 0 Å². The Balaban J connectivity index is 1.72. The molecule has 1 atom stereocenters.